The summed E-state index contributed by atoms with van der Waals surface area (Å²) in [7, 11) is 0. The Kier molecular flexibility index (Phi) is 7.67. The number of amides is 1. The Morgan fingerprint density at radius 3 is 2.37 bits per heavy atom. The number of anilines is 1. The minimum Gasteiger partial charge on any atom is -0.465 e. The second kappa shape index (κ2) is 11.1. The van der Waals surface area contributed by atoms with Gasteiger partial charge < -0.3 is 9.64 Å². The molecule has 0 spiro atoms. The molecule has 0 fully saturated rings. The van der Waals surface area contributed by atoms with Crippen LogP contribution in [-0.4, -0.2) is 40.7 Å². The topological polar surface area (TPSA) is 72.4 Å². The number of aromatic nitrogens is 2. The van der Waals surface area contributed by atoms with Crippen molar-refractivity contribution < 1.29 is 23.1 Å². The van der Waals surface area contributed by atoms with Gasteiger partial charge in [0.15, 0.2) is 5.82 Å². The summed E-state index contributed by atoms with van der Waals surface area (Å²) >= 11 is 1.11. The number of fused-ring (bicyclic) bond motifs is 1. The quantitative estimate of drug-likeness (QED) is 0.189. The Morgan fingerprint density at radius 1 is 0.943 bits per heavy atom. The van der Waals surface area contributed by atoms with Gasteiger partial charge in [-0.15, -0.1) is 0 Å². The lowest BCUT2D eigenvalue weighted by molar-refractivity contribution is -0.142. The molecule has 0 N–H and O–H groups in total. The van der Waals surface area contributed by atoms with Crippen LogP contribution in [0.5, 0.6) is 0 Å². The molecular weight excluding hydrogens is 472 g/mol. The monoisotopic (exact) mass is 493 g/mol. The highest BCUT2D eigenvalue weighted by Crippen LogP contribution is 2.30. The maximum absolute atomic E-state index is 14.0. The van der Waals surface area contributed by atoms with Crippen LogP contribution in [0.2, 0.25) is 0 Å². The minimum absolute atomic E-state index is 0.0697. The number of esters is 1. The van der Waals surface area contributed by atoms with Crippen LogP contribution >= 0.6 is 11.8 Å². The zero-order valence-corrected chi connectivity index (χ0v) is 19.6. The molecule has 0 aliphatic rings. The first kappa shape index (κ1) is 24.3. The Labute approximate surface area is 205 Å². The lowest BCUT2D eigenvalue weighted by Crippen LogP contribution is -2.37. The number of thioether (sulfide) groups is 1. The molecule has 3 aromatic carbocycles. The van der Waals surface area contributed by atoms with Crippen molar-refractivity contribution in [1.82, 2.24) is 9.97 Å². The lowest BCUT2D eigenvalue weighted by Gasteiger charge is -2.21. The maximum Gasteiger partial charge on any atom is 0.326 e. The third kappa shape index (κ3) is 5.99. The number of hydrogen-bond acceptors (Lipinski definition) is 6. The van der Waals surface area contributed by atoms with Crippen LogP contribution in [0.4, 0.5) is 14.5 Å². The number of halogens is 2. The number of nitrogens with zero attached hydrogens (tertiary/aromatic N) is 3. The molecule has 0 saturated heterocycles. The van der Waals surface area contributed by atoms with Crippen LogP contribution in [0.25, 0.3) is 22.3 Å². The number of para-hydroxylation sites is 1. The molecule has 1 aromatic heterocycles. The molecule has 4 aromatic rings. The molecule has 0 saturated carbocycles. The molecule has 0 unspecified atom stereocenters. The molecule has 178 valence electrons. The predicted molar refractivity (Wildman–Crippen MR) is 131 cm³/mol. The Balaban J connectivity index is 1.64. The van der Waals surface area contributed by atoms with E-state index in [1.54, 1.807) is 43.3 Å². The second-order valence-corrected chi connectivity index (χ2v) is 8.39. The van der Waals surface area contributed by atoms with Gasteiger partial charge in [-0.2, -0.15) is 0 Å². The van der Waals surface area contributed by atoms with E-state index in [0.717, 1.165) is 11.8 Å². The minimum atomic E-state index is -0.525. The fraction of sp³-hybridized carbons (Fsp3) is 0.154. The van der Waals surface area contributed by atoms with Gasteiger partial charge in [0.05, 0.1) is 17.9 Å². The van der Waals surface area contributed by atoms with Crippen LogP contribution in [0.15, 0.2) is 77.8 Å². The van der Waals surface area contributed by atoms with Crippen molar-refractivity contribution >= 4 is 40.2 Å². The molecule has 0 aliphatic heterocycles. The molecule has 0 aliphatic carbocycles. The first-order valence-electron chi connectivity index (χ1n) is 10.8. The fourth-order valence-electron chi connectivity index (χ4n) is 3.39. The third-order valence-electron chi connectivity index (χ3n) is 5.02. The van der Waals surface area contributed by atoms with E-state index in [0.29, 0.717) is 33.0 Å². The standard InChI is InChI=1S/C26H21F2N3O3S/c1-2-34-24(33)15-31(20-6-4-3-5-7-20)23(32)16-35-26-21-14-19(28)12-13-22(21)29-25(30-26)17-8-10-18(27)11-9-17/h3-14H,2,15-16H2,1H3. The summed E-state index contributed by atoms with van der Waals surface area (Å²) in [5.41, 5.74) is 1.62. The Bertz CT molecular complexity index is 1350. The molecule has 9 heteroatoms. The Hall–Kier alpha value is -3.85. The normalized spacial score (nSPS) is 10.8. The first-order chi connectivity index (χ1) is 16.9. The van der Waals surface area contributed by atoms with Gasteiger partial charge in [-0.1, -0.05) is 30.0 Å². The van der Waals surface area contributed by atoms with Gasteiger partial charge in [-0.05, 0) is 61.5 Å². The molecule has 0 bridgehead atoms. The van der Waals surface area contributed by atoms with Crippen molar-refractivity contribution in [2.24, 2.45) is 0 Å². The van der Waals surface area contributed by atoms with Crippen LogP contribution in [-0.2, 0) is 14.3 Å². The van der Waals surface area contributed by atoms with E-state index in [-0.39, 0.29) is 30.6 Å². The Morgan fingerprint density at radius 2 is 1.66 bits per heavy atom. The molecule has 1 amide bonds. The molecule has 6 nitrogen and oxygen atoms in total. The molecule has 35 heavy (non-hydrogen) atoms. The number of ether oxygens (including phenoxy) is 1. The van der Waals surface area contributed by atoms with Gasteiger partial charge in [0.2, 0.25) is 5.91 Å². The van der Waals surface area contributed by atoms with E-state index in [1.165, 1.54) is 35.2 Å². The summed E-state index contributed by atoms with van der Waals surface area (Å²) in [6.07, 6.45) is 0. The van der Waals surface area contributed by atoms with Gasteiger partial charge in [-0.25, -0.2) is 18.7 Å². The second-order valence-electron chi connectivity index (χ2n) is 7.43. The number of hydrogen-bond donors (Lipinski definition) is 0. The van der Waals surface area contributed by atoms with Crippen LogP contribution in [0, 0.1) is 11.6 Å². The summed E-state index contributed by atoms with van der Waals surface area (Å²) < 4.78 is 32.4. The molecule has 0 atom stereocenters. The molecule has 1 heterocycles. The van der Waals surface area contributed by atoms with Crippen molar-refractivity contribution in [3.63, 3.8) is 0 Å². The summed E-state index contributed by atoms with van der Waals surface area (Å²) in [5, 5.41) is 0.844. The van der Waals surface area contributed by atoms with Gasteiger partial charge >= 0.3 is 5.97 Å². The molecule has 0 radical (unpaired) electrons. The van der Waals surface area contributed by atoms with Crippen LogP contribution < -0.4 is 4.90 Å². The number of carbonyl (C=O) groups is 2. The first-order valence-corrected chi connectivity index (χ1v) is 11.8. The number of benzene rings is 3. The van der Waals surface area contributed by atoms with E-state index in [4.69, 9.17) is 4.74 Å². The predicted octanol–water partition coefficient (Wildman–Crippen LogP) is 5.26. The van der Waals surface area contributed by atoms with E-state index in [1.807, 2.05) is 6.07 Å². The van der Waals surface area contributed by atoms with E-state index in [9.17, 15) is 18.4 Å². The number of carbonyl (C=O) groups excluding carboxylic acids is 2. The summed E-state index contributed by atoms with van der Waals surface area (Å²) in [6, 6.07) is 18.6. The summed E-state index contributed by atoms with van der Waals surface area (Å²) in [4.78, 5) is 35.7. The van der Waals surface area contributed by atoms with Crippen molar-refractivity contribution in [1.29, 1.82) is 0 Å². The highest BCUT2D eigenvalue weighted by atomic mass is 32.2. The van der Waals surface area contributed by atoms with Crippen molar-refractivity contribution in [2.45, 2.75) is 11.9 Å². The van der Waals surface area contributed by atoms with E-state index >= 15 is 0 Å². The number of rotatable bonds is 8. The smallest absolute Gasteiger partial charge is 0.326 e. The summed E-state index contributed by atoms with van der Waals surface area (Å²) in [5.74, 6) is -1.47. The molecular formula is C26H21F2N3O3S. The van der Waals surface area contributed by atoms with Gasteiger partial charge in [-0.3, -0.25) is 9.59 Å². The van der Waals surface area contributed by atoms with E-state index in [2.05, 4.69) is 9.97 Å². The lowest BCUT2D eigenvalue weighted by atomic mass is 10.2. The zero-order chi connectivity index (χ0) is 24.8. The highest BCUT2D eigenvalue weighted by Gasteiger charge is 2.21. The van der Waals surface area contributed by atoms with Gasteiger partial charge in [0, 0.05) is 16.6 Å². The van der Waals surface area contributed by atoms with Crippen LogP contribution in [0.3, 0.4) is 0 Å². The van der Waals surface area contributed by atoms with Crippen molar-refractivity contribution in [3.05, 3.63) is 84.4 Å². The average molecular weight is 494 g/mol. The zero-order valence-electron chi connectivity index (χ0n) is 18.8. The fourth-order valence-corrected chi connectivity index (χ4v) is 4.27. The van der Waals surface area contributed by atoms with Crippen molar-refractivity contribution in [3.8, 4) is 11.4 Å². The largest absolute Gasteiger partial charge is 0.465 e. The SMILES string of the molecule is CCOC(=O)CN(C(=O)CSc1nc(-c2ccc(F)cc2)nc2ccc(F)cc12)c1ccccc1. The highest BCUT2D eigenvalue weighted by molar-refractivity contribution is 8.00. The summed E-state index contributed by atoms with van der Waals surface area (Å²) in [6.45, 7) is 1.66. The van der Waals surface area contributed by atoms with Crippen LogP contribution in [0.1, 0.15) is 6.92 Å². The molecule has 4 rings (SSSR count). The van der Waals surface area contributed by atoms with E-state index < -0.39 is 11.8 Å². The van der Waals surface area contributed by atoms with Gasteiger partial charge in [0.1, 0.15) is 23.2 Å². The van der Waals surface area contributed by atoms with Crippen molar-refractivity contribution in [2.75, 3.05) is 23.8 Å². The van der Waals surface area contributed by atoms with Gasteiger partial charge in [0.25, 0.3) is 0 Å². The maximum atomic E-state index is 14.0. The average Bonchev–Trinajstić information content (AvgIpc) is 2.87. The third-order valence-corrected chi connectivity index (χ3v) is 5.99.